The zero-order chi connectivity index (χ0) is 10.3. The molecule has 1 heterocycles. The number of hydrogen-bond acceptors (Lipinski definition) is 2. The molecule has 0 saturated heterocycles. The van der Waals surface area contributed by atoms with Gasteiger partial charge in [0.25, 0.3) is 0 Å². The predicted octanol–water partition coefficient (Wildman–Crippen LogP) is 3.55. The zero-order valence-corrected chi connectivity index (χ0v) is 8.74. The molecule has 0 aliphatic carbocycles. The molecule has 0 spiro atoms. The van der Waals surface area contributed by atoms with Gasteiger partial charge in [-0.05, 0) is 43.0 Å². The molecule has 1 nitrogen and oxygen atoms in total. The van der Waals surface area contributed by atoms with Gasteiger partial charge in [-0.3, -0.25) is 4.79 Å². The van der Waals surface area contributed by atoms with Gasteiger partial charge in [0, 0.05) is 4.70 Å². The Balaban J connectivity index is 2.80. The molecule has 0 radical (unpaired) electrons. The molecular formula is C11H9FOS. The molecule has 0 atom stereocenters. The zero-order valence-electron chi connectivity index (χ0n) is 7.93. The van der Waals surface area contributed by atoms with Gasteiger partial charge in [-0.25, -0.2) is 4.39 Å². The first-order valence-corrected chi connectivity index (χ1v) is 5.11. The lowest BCUT2D eigenvalue weighted by Gasteiger charge is -1.92. The smallest absolute Gasteiger partial charge is 0.170 e. The summed E-state index contributed by atoms with van der Waals surface area (Å²) in [5.74, 6) is -0.211. The molecule has 1 aromatic heterocycles. The Morgan fingerprint density at radius 1 is 1.43 bits per heavy atom. The number of fused-ring (bicyclic) bond motifs is 1. The Bertz CT molecular complexity index is 513. The van der Waals surface area contributed by atoms with Crippen molar-refractivity contribution in [2.75, 3.05) is 0 Å². The molecule has 1 aromatic carbocycles. The lowest BCUT2D eigenvalue weighted by molar-refractivity contribution is 0.102. The van der Waals surface area contributed by atoms with Gasteiger partial charge in [0.15, 0.2) is 5.78 Å². The van der Waals surface area contributed by atoms with E-state index in [1.165, 1.54) is 30.4 Å². The molecule has 2 aromatic rings. The minimum Gasteiger partial charge on any atom is -0.294 e. The first-order valence-electron chi connectivity index (χ1n) is 4.29. The number of halogens is 1. The average Bonchev–Trinajstić information content (AvgIpc) is 2.44. The van der Waals surface area contributed by atoms with E-state index in [1.807, 2.05) is 6.92 Å². The van der Waals surface area contributed by atoms with Crippen LogP contribution in [0.25, 0.3) is 10.1 Å². The van der Waals surface area contributed by atoms with E-state index >= 15 is 0 Å². The summed E-state index contributed by atoms with van der Waals surface area (Å²) in [6.45, 7) is 3.39. The number of thiophene rings is 1. The van der Waals surface area contributed by atoms with Crippen LogP contribution in [-0.2, 0) is 0 Å². The predicted molar refractivity (Wildman–Crippen MR) is 56.5 cm³/mol. The van der Waals surface area contributed by atoms with Crippen LogP contribution < -0.4 is 0 Å². The number of rotatable bonds is 1. The van der Waals surface area contributed by atoms with Crippen molar-refractivity contribution in [3.8, 4) is 0 Å². The topological polar surface area (TPSA) is 17.1 Å². The second-order valence-corrected chi connectivity index (χ2v) is 4.31. The van der Waals surface area contributed by atoms with Crippen LogP contribution in [0, 0.1) is 12.7 Å². The van der Waals surface area contributed by atoms with Crippen LogP contribution in [0.15, 0.2) is 18.2 Å². The minimum atomic E-state index is -0.256. The fourth-order valence-corrected chi connectivity index (χ4v) is 2.61. The molecular weight excluding hydrogens is 199 g/mol. The summed E-state index contributed by atoms with van der Waals surface area (Å²) in [6.07, 6.45) is 0. The lowest BCUT2D eigenvalue weighted by atomic mass is 10.1. The van der Waals surface area contributed by atoms with Crippen LogP contribution >= 0.6 is 11.3 Å². The van der Waals surface area contributed by atoms with Crippen molar-refractivity contribution < 1.29 is 9.18 Å². The minimum absolute atomic E-state index is 0.0455. The maximum absolute atomic E-state index is 12.9. The van der Waals surface area contributed by atoms with Gasteiger partial charge < -0.3 is 0 Å². The van der Waals surface area contributed by atoms with Crippen molar-refractivity contribution in [2.24, 2.45) is 0 Å². The highest BCUT2D eigenvalue weighted by atomic mass is 32.1. The van der Waals surface area contributed by atoms with Crippen molar-refractivity contribution in [1.29, 1.82) is 0 Å². The van der Waals surface area contributed by atoms with Crippen LogP contribution in [0.1, 0.15) is 22.2 Å². The largest absolute Gasteiger partial charge is 0.294 e. The summed E-state index contributed by atoms with van der Waals surface area (Å²) in [5, 5.41) is 0.847. The van der Waals surface area contributed by atoms with E-state index in [1.54, 1.807) is 6.07 Å². The highest BCUT2D eigenvalue weighted by Crippen LogP contribution is 2.31. The number of carbonyl (C=O) groups excluding carboxylic acids is 1. The van der Waals surface area contributed by atoms with Crippen LogP contribution in [0.2, 0.25) is 0 Å². The van der Waals surface area contributed by atoms with Gasteiger partial charge in [-0.2, -0.15) is 0 Å². The van der Waals surface area contributed by atoms with Crippen LogP contribution in [0.3, 0.4) is 0 Å². The Hall–Kier alpha value is -1.22. The summed E-state index contributed by atoms with van der Waals surface area (Å²) < 4.78 is 13.9. The first-order chi connectivity index (χ1) is 6.59. The highest BCUT2D eigenvalue weighted by Gasteiger charge is 2.11. The van der Waals surface area contributed by atoms with Crippen molar-refractivity contribution in [1.82, 2.24) is 0 Å². The highest BCUT2D eigenvalue weighted by molar-refractivity contribution is 7.21. The Labute approximate surface area is 85.2 Å². The molecule has 0 N–H and O–H groups in total. The number of Topliss-reactive ketones (excluding diaryl/α,β-unsaturated/α-hetero) is 1. The van der Waals surface area contributed by atoms with Crippen molar-refractivity contribution in [2.45, 2.75) is 13.8 Å². The quantitative estimate of drug-likeness (QED) is 0.655. The van der Waals surface area contributed by atoms with Crippen molar-refractivity contribution >= 4 is 27.2 Å². The SMILES string of the molecule is CC(=O)c1sc2ccc(F)cc2c1C. The van der Waals surface area contributed by atoms with Gasteiger partial charge >= 0.3 is 0 Å². The number of hydrogen-bond donors (Lipinski definition) is 0. The van der Waals surface area contributed by atoms with Gasteiger partial charge in [-0.15, -0.1) is 11.3 Å². The van der Waals surface area contributed by atoms with Gasteiger partial charge in [0.05, 0.1) is 4.88 Å². The third-order valence-corrected chi connectivity index (χ3v) is 3.59. The van der Waals surface area contributed by atoms with E-state index in [0.29, 0.717) is 0 Å². The second kappa shape index (κ2) is 3.17. The summed E-state index contributed by atoms with van der Waals surface area (Å²) in [4.78, 5) is 12.0. The van der Waals surface area contributed by atoms with Gasteiger partial charge in [-0.1, -0.05) is 0 Å². The normalized spacial score (nSPS) is 10.8. The molecule has 0 bridgehead atoms. The summed E-state index contributed by atoms with van der Waals surface area (Å²) >= 11 is 1.42. The van der Waals surface area contributed by atoms with Gasteiger partial charge in [0.1, 0.15) is 5.82 Å². The molecule has 14 heavy (non-hydrogen) atoms. The van der Waals surface area contributed by atoms with E-state index in [4.69, 9.17) is 0 Å². The van der Waals surface area contributed by atoms with E-state index in [0.717, 1.165) is 20.5 Å². The Morgan fingerprint density at radius 2 is 2.14 bits per heavy atom. The lowest BCUT2D eigenvalue weighted by Crippen LogP contribution is -1.88. The third-order valence-electron chi connectivity index (χ3n) is 2.22. The molecule has 3 heteroatoms. The molecule has 0 amide bonds. The summed E-state index contributed by atoms with van der Waals surface area (Å²) in [5.41, 5.74) is 0.886. The van der Waals surface area contributed by atoms with E-state index in [9.17, 15) is 9.18 Å². The summed E-state index contributed by atoms with van der Waals surface area (Å²) in [6, 6.07) is 4.62. The molecule has 72 valence electrons. The van der Waals surface area contributed by atoms with E-state index < -0.39 is 0 Å². The number of carbonyl (C=O) groups is 1. The molecule has 0 fully saturated rings. The van der Waals surface area contributed by atoms with Crippen LogP contribution in [0.4, 0.5) is 4.39 Å². The van der Waals surface area contributed by atoms with Crippen molar-refractivity contribution in [3.05, 3.63) is 34.5 Å². The summed E-state index contributed by atoms with van der Waals surface area (Å²) in [7, 11) is 0. The second-order valence-electron chi connectivity index (χ2n) is 3.25. The van der Waals surface area contributed by atoms with Crippen molar-refractivity contribution in [3.63, 3.8) is 0 Å². The average molecular weight is 208 g/mol. The van der Waals surface area contributed by atoms with E-state index in [2.05, 4.69) is 0 Å². The fraction of sp³-hybridized carbons (Fsp3) is 0.182. The molecule has 0 saturated carbocycles. The Morgan fingerprint density at radius 3 is 2.79 bits per heavy atom. The van der Waals surface area contributed by atoms with Crippen LogP contribution in [0.5, 0.6) is 0 Å². The molecule has 0 unspecified atom stereocenters. The Kier molecular flexibility index (Phi) is 2.11. The first kappa shape index (κ1) is 9.34. The standard InChI is InChI=1S/C11H9FOS/c1-6-9-5-8(12)3-4-10(9)14-11(6)7(2)13/h3-5H,1-2H3. The number of benzene rings is 1. The number of ketones is 1. The van der Waals surface area contributed by atoms with Gasteiger partial charge in [0.2, 0.25) is 0 Å². The maximum Gasteiger partial charge on any atom is 0.170 e. The monoisotopic (exact) mass is 208 g/mol. The molecule has 2 rings (SSSR count). The van der Waals surface area contributed by atoms with E-state index in [-0.39, 0.29) is 11.6 Å². The third kappa shape index (κ3) is 1.34. The van der Waals surface area contributed by atoms with Crippen LogP contribution in [-0.4, -0.2) is 5.78 Å². The molecule has 0 aliphatic rings. The molecule has 0 aliphatic heterocycles. The fourth-order valence-electron chi connectivity index (χ4n) is 1.53. The number of aryl methyl sites for hydroxylation is 1. The maximum atomic E-state index is 12.9.